The minimum atomic E-state index is -0.188. The quantitative estimate of drug-likeness (QED) is 0.662. The van der Waals surface area contributed by atoms with E-state index in [-0.39, 0.29) is 17.1 Å². The second kappa shape index (κ2) is 5.59. The average Bonchev–Trinajstić information content (AvgIpc) is 2.36. The summed E-state index contributed by atoms with van der Waals surface area (Å²) in [6.07, 6.45) is 1.72. The Kier molecular flexibility index (Phi) is 4.26. The van der Waals surface area contributed by atoms with Gasteiger partial charge in [0.25, 0.3) is 0 Å². The number of likely N-dealkylation sites (tertiary alicyclic amines) is 1. The fourth-order valence-corrected chi connectivity index (χ4v) is 2.79. The van der Waals surface area contributed by atoms with Crippen LogP contribution in [0.25, 0.3) is 0 Å². The van der Waals surface area contributed by atoms with Gasteiger partial charge >= 0.3 is 0 Å². The third-order valence-corrected chi connectivity index (χ3v) is 4.50. The molecule has 1 aromatic carbocycles. The molecule has 1 saturated heterocycles. The Morgan fingerprint density at radius 3 is 2.68 bits per heavy atom. The summed E-state index contributed by atoms with van der Waals surface area (Å²) in [4.78, 5) is 2.22. The normalized spacial score (nSPS) is 19.3. The summed E-state index contributed by atoms with van der Waals surface area (Å²) in [5.41, 5.74) is 6.16. The number of piperidine rings is 1. The SMILES string of the molecule is CC1(C(=N)N)CCN(Cc2cc(Br)ccc2F)CC1. The second-order valence-corrected chi connectivity index (χ2v) is 6.40. The van der Waals surface area contributed by atoms with E-state index < -0.39 is 0 Å². The van der Waals surface area contributed by atoms with Gasteiger partial charge in [-0.05, 0) is 44.1 Å². The number of nitrogens with one attached hydrogen (secondary N) is 1. The molecular weight excluding hydrogens is 309 g/mol. The van der Waals surface area contributed by atoms with E-state index in [9.17, 15) is 4.39 Å². The van der Waals surface area contributed by atoms with Gasteiger partial charge in [-0.1, -0.05) is 22.9 Å². The fraction of sp³-hybridized carbons (Fsp3) is 0.500. The summed E-state index contributed by atoms with van der Waals surface area (Å²) in [6.45, 7) is 4.34. The highest BCUT2D eigenvalue weighted by Gasteiger charge is 2.32. The molecule has 1 aliphatic rings. The smallest absolute Gasteiger partial charge is 0.127 e. The van der Waals surface area contributed by atoms with E-state index in [2.05, 4.69) is 20.8 Å². The molecule has 1 aromatic rings. The van der Waals surface area contributed by atoms with Crippen molar-refractivity contribution in [1.82, 2.24) is 4.90 Å². The van der Waals surface area contributed by atoms with E-state index in [1.165, 1.54) is 6.07 Å². The van der Waals surface area contributed by atoms with Crippen LogP contribution in [0.5, 0.6) is 0 Å². The zero-order valence-corrected chi connectivity index (χ0v) is 12.6. The molecule has 0 aromatic heterocycles. The minimum absolute atomic E-state index is 0.164. The molecule has 1 fully saturated rings. The van der Waals surface area contributed by atoms with E-state index in [1.54, 1.807) is 6.07 Å². The molecule has 1 heterocycles. The monoisotopic (exact) mass is 327 g/mol. The van der Waals surface area contributed by atoms with Crippen molar-refractivity contribution in [1.29, 1.82) is 5.41 Å². The Morgan fingerprint density at radius 1 is 1.47 bits per heavy atom. The van der Waals surface area contributed by atoms with Gasteiger partial charge in [0, 0.05) is 22.0 Å². The van der Waals surface area contributed by atoms with Gasteiger partial charge in [-0.25, -0.2) is 4.39 Å². The summed E-state index contributed by atoms with van der Waals surface area (Å²) in [5.74, 6) is 0.101. The maximum Gasteiger partial charge on any atom is 0.127 e. The summed E-state index contributed by atoms with van der Waals surface area (Å²) < 4.78 is 14.6. The standard InChI is InChI=1S/C14H19BrFN3/c1-14(13(17)18)4-6-19(7-5-14)9-10-8-11(15)2-3-12(10)16/h2-3,8H,4-7,9H2,1H3,(H3,17,18). The van der Waals surface area contributed by atoms with Crippen molar-refractivity contribution in [2.75, 3.05) is 13.1 Å². The van der Waals surface area contributed by atoms with Crippen molar-refractivity contribution >= 4 is 21.8 Å². The van der Waals surface area contributed by atoms with Crippen molar-refractivity contribution in [2.24, 2.45) is 11.1 Å². The number of benzene rings is 1. The zero-order chi connectivity index (χ0) is 14.0. The van der Waals surface area contributed by atoms with Crippen LogP contribution in [0.15, 0.2) is 22.7 Å². The molecule has 0 amide bonds. The second-order valence-electron chi connectivity index (χ2n) is 5.49. The number of nitrogens with two attached hydrogens (primary N) is 1. The van der Waals surface area contributed by atoms with Gasteiger partial charge in [0.15, 0.2) is 0 Å². The zero-order valence-electron chi connectivity index (χ0n) is 11.0. The van der Waals surface area contributed by atoms with Gasteiger partial charge in [0.05, 0.1) is 5.84 Å². The molecule has 3 nitrogen and oxygen atoms in total. The van der Waals surface area contributed by atoms with Crippen LogP contribution in [0.3, 0.4) is 0 Å². The Bertz CT molecular complexity index is 482. The maximum atomic E-state index is 13.7. The maximum absolute atomic E-state index is 13.7. The van der Waals surface area contributed by atoms with Crippen molar-refractivity contribution in [3.05, 3.63) is 34.1 Å². The number of halogens is 2. The first-order valence-corrected chi connectivity index (χ1v) is 7.21. The largest absolute Gasteiger partial charge is 0.387 e. The molecular formula is C14H19BrFN3. The molecule has 1 aliphatic heterocycles. The Labute approximate surface area is 121 Å². The highest BCUT2D eigenvalue weighted by Crippen LogP contribution is 2.31. The number of rotatable bonds is 3. The number of amidine groups is 1. The molecule has 0 bridgehead atoms. The topological polar surface area (TPSA) is 53.1 Å². The fourth-order valence-electron chi connectivity index (χ4n) is 2.38. The van der Waals surface area contributed by atoms with E-state index in [0.717, 1.165) is 30.4 Å². The summed E-state index contributed by atoms with van der Waals surface area (Å²) in [6, 6.07) is 5.03. The van der Waals surface area contributed by atoms with Crippen LogP contribution in [0, 0.1) is 16.6 Å². The third-order valence-electron chi connectivity index (χ3n) is 4.01. The molecule has 0 radical (unpaired) electrons. The summed E-state index contributed by atoms with van der Waals surface area (Å²) in [5, 5.41) is 7.63. The predicted molar refractivity (Wildman–Crippen MR) is 78.6 cm³/mol. The third kappa shape index (κ3) is 3.34. The van der Waals surface area contributed by atoms with Crippen LogP contribution in [0.2, 0.25) is 0 Å². The number of nitrogens with zero attached hydrogens (tertiary/aromatic N) is 1. The molecule has 0 unspecified atom stereocenters. The first kappa shape index (κ1) is 14.5. The molecule has 0 aliphatic carbocycles. The van der Waals surface area contributed by atoms with Crippen LogP contribution >= 0.6 is 15.9 Å². The van der Waals surface area contributed by atoms with E-state index in [1.807, 2.05) is 13.0 Å². The minimum Gasteiger partial charge on any atom is -0.387 e. The Morgan fingerprint density at radius 2 is 2.11 bits per heavy atom. The Balaban J connectivity index is 1.99. The van der Waals surface area contributed by atoms with E-state index in [0.29, 0.717) is 12.1 Å². The van der Waals surface area contributed by atoms with Crippen LogP contribution in [-0.2, 0) is 6.54 Å². The van der Waals surface area contributed by atoms with Crippen LogP contribution in [-0.4, -0.2) is 23.8 Å². The molecule has 0 spiro atoms. The first-order valence-electron chi connectivity index (χ1n) is 6.41. The first-order chi connectivity index (χ1) is 8.90. The molecule has 2 rings (SSSR count). The predicted octanol–water partition coefficient (Wildman–Crippen LogP) is 3.13. The molecule has 3 N–H and O–H groups in total. The van der Waals surface area contributed by atoms with Crippen LogP contribution < -0.4 is 5.73 Å². The molecule has 0 atom stereocenters. The lowest BCUT2D eigenvalue weighted by Crippen LogP contribution is -2.44. The van der Waals surface area contributed by atoms with Gasteiger partial charge in [-0.2, -0.15) is 0 Å². The molecule has 5 heteroatoms. The van der Waals surface area contributed by atoms with Crippen molar-refractivity contribution in [2.45, 2.75) is 26.3 Å². The van der Waals surface area contributed by atoms with Crippen molar-refractivity contribution in [3.63, 3.8) is 0 Å². The average molecular weight is 328 g/mol. The molecule has 0 saturated carbocycles. The van der Waals surface area contributed by atoms with E-state index in [4.69, 9.17) is 11.1 Å². The summed E-state index contributed by atoms with van der Waals surface area (Å²) in [7, 11) is 0. The lowest BCUT2D eigenvalue weighted by atomic mass is 9.79. The van der Waals surface area contributed by atoms with Gasteiger partial charge in [-0.15, -0.1) is 0 Å². The number of hydrogen-bond acceptors (Lipinski definition) is 2. The van der Waals surface area contributed by atoms with Crippen LogP contribution in [0.4, 0.5) is 4.39 Å². The lowest BCUT2D eigenvalue weighted by Gasteiger charge is -2.38. The molecule has 104 valence electrons. The highest BCUT2D eigenvalue weighted by molar-refractivity contribution is 9.10. The van der Waals surface area contributed by atoms with Crippen LogP contribution in [0.1, 0.15) is 25.3 Å². The lowest BCUT2D eigenvalue weighted by molar-refractivity contribution is 0.154. The number of hydrogen-bond donors (Lipinski definition) is 2. The summed E-state index contributed by atoms with van der Waals surface area (Å²) >= 11 is 3.37. The van der Waals surface area contributed by atoms with Gasteiger partial charge in [0.2, 0.25) is 0 Å². The van der Waals surface area contributed by atoms with Crippen molar-refractivity contribution in [3.8, 4) is 0 Å². The molecule has 19 heavy (non-hydrogen) atoms. The van der Waals surface area contributed by atoms with Crippen molar-refractivity contribution < 1.29 is 4.39 Å². The highest BCUT2D eigenvalue weighted by atomic mass is 79.9. The van der Waals surface area contributed by atoms with E-state index >= 15 is 0 Å². The van der Waals surface area contributed by atoms with Gasteiger partial charge < -0.3 is 5.73 Å². The van der Waals surface area contributed by atoms with Gasteiger partial charge in [0.1, 0.15) is 5.82 Å². The van der Waals surface area contributed by atoms with Gasteiger partial charge in [-0.3, -0.25) is 10.3 Å². The Hall–Kier alpha value is -0.940.